The van der Waals surface area contributed by atoms with Gasteiger partial charge in [-0.15, -0.1) is 0 Å². The molecule has 0 saturated carbocycles. The Morgan fingerprint density at radius 2 is 1.67 bits per heavy atom. The summed E-state index contributed by atoms with van der Waals surface area (Å²) < 4.78 is 1.08. The fourth-order valence-corrected chi connectivity index (χ4v) is 4.15. The van der Waals surface area contributed by atoms with Gasteiger partial charge in [0.1, 0.15) is 6.54 Å². The smallest absolute Gasteiger partial charge is 0.323 e. The zero-order valence-electron chi connectivity index (χ0n) is 19.2. The number of rotatable bonds is 4. The summed E-state index contributed by atoms with van der Waals surface area (Å²) in [6.07, 6.45) is 0. The minimum Gasteiger partial charge on any atom is -0.323 e. The van der Waals surface area contributed by atoms with Crippen LogP contribution in [0.4, 0.5) is 17.1 Å². The van der Waals surface area contributed by atoms with E-state index in [0.29, 0.717) is 28.0 Å². The highest BCUT2D eigenvalue weighted by Crippen LogP contribution is 2.30. The Bertz CT molecular complexity index is 1650. The SMILES string of the molecule is CCn1c(=O)[nH]c2cc(C(=O)Nc3ccc(C(=O)N4CC(=O)Nc5ccccc54)cc3)ccc2c1=O. The second-order valence-corrected chi connectivity index (χ2v) is 8.23. The molecule has 4 aromatic rings. The van der Waals surface area contributed by atoms with Gasteiger partial charge in [-0.05, 0) is 61.5 Å². The van der Waals surface area contributed by atoms with Crippen molar-refractivity contribution in [2.45, 2.75) is 13.5 Å². The molecule has 36 heavy (non-hydrogen) atoms. The number of amides is 3. The van der Waals surface area contributed by atoms with Crippen LogP contribution in [0, 0.1) is 0 Å². The topological polar surface area (TPSA) is 133 Å². The van der Waals surface area contributed by atoms with E-state index in [9.17, 15) is 24.0 Å². The molecule has 10 heteroatoms. The number of nitrogens with one attached hydrogen (secondary N) is 3. The first-order valence-electron chi connectivity index (χ1n) is 11.2. The Kier molecular flexibility index (Phi) is 5.69. The summed E-state index contributed by atoms with van der Waals surface area (Å²) in [7, 11) is 0. The van der Waals surface area contributed by atoms with E-state index in [0.717, 1.165) is 4.57 Å². The molecular weight excluding hydrogens is 462 g/mol. The maximum absolute atomic E-state index is 13.1. The average Bonchev–Trinajstić information content (AvgIpc) is 2.88. The lowest BCUT2D eigenvalue weighted by Crippen LogP contribution is -2.42. The summed E-state index contributed by atoms with van der Waals surface area (Å²) in [5.74, 6) is -1.07. The number of aromatic amines is 1. The quantitative estimate of drug-likeness (QED) is 0.410. The summed E-state index contributed by atoms with van der Waals surface area (Å²) in [4.78, 5) is 66.5. The molecule has 5 rings (SSSR count). The van der Waals surface area contributed by atoms with Crippen molar-refractivity contribution in [2.75, 3.05) is 22.1 Å². The third-order valence-corrected chi connectivity index (χ3v) is 5.97. The van der Waals surface area contributed by atoms with Crippen molar-refractivity contribution >= 4 is 45.7 Å². The van der Waals surface area contributed by atoms with E-state index < -0.39 is 17.2 Å². The van der Waals surface area contributed by atoms with E-state index in [1.165, 1.54) is 23.1 Å². The van der Waals surface area contributed by atoms with Crippen LogP contribution in [0.5, 0.6) is 0 Å². The molecule has 10 nitrogen and oxygen atoms in total. The second-order valence-electron chi connectivity index (χ2n) is 8.23. The van der Waals surface area contributed by atoms with Gasteiger partial charge in [-0.2, -0.15) is 0 Å². The molecule has 180 valence electrons. The number of aromatic nitrogens is 2. The normalized spacial score (nSPS) is 12.7. The first-order valence-corrected chi connectivity index (χ1v) is 11.2. The first-order chi connectivity index (χ1) is 17.4. The highest BCUT2D eigenvalue weighted by Gasteiger charge is 2.27. The van der Waals surface area contributed by atoms with E-state index >= 15 is 0 Å². The van der Waals surface area contributed by atoms with E-state index in [2.05, 4.69) is 15.6 Å². The molecule has 0 saturated heterocycles. The summed E-state index contributed by atoms with van der Waals surface area (Å²) in [5, 5.41) is 5.80. The van der Waals surface area contributed by atoms with Gasteiger partial charge in [0.2, 0.25) is 5.91 Å². The van der Waals surface area contributed by atoms with E-state index in [1.807, 2.05) is 0 Å². The molecule has 3 aromatic carbocycles. The van der Waals surface area contributed by atoms with E-state index in [-0.39, 0.29) is 36.0 Å². The fraction of sp³-hybridized carbons (Fsp3) is 0.115. The van der Waals surface area contributed by atoms with Crippen LogP contribution < -0.4 is 26.8 Å². The van der Waals surface area contributed by atoms with Gasteiger partial charge < -0.3 is 15.6 Å². The third-order valence-electron chi connectivity index (χ3n) is 5.97. The number of carbonyl (C=O) groups excluding carboxylic acids is 3. The third kappa shape index (κ3) is 4.05. The van der Waals surface area contributed by atoms with Crippen molar-refractivity contribution in [3.05, 3.63) is 98.7 Å². The molecule has 0 radical (unpaired) electrons. The number of anilines is 3. The highest BCUT2D eigenvalue weighted by molar-refractivity contribution is 6.15. The minimum atomic E-state index is -0.540. The largest absolute Gasteiger partial charge is 0.328 e. The molecule has 0 aliphatic carbocycles. The fourth-order valence-electron chi connectivity index (χ4n) is 4.15. The van der Waals surface area contributed by atoms with Crippen molar-refractivity contribution in [3.63, 3.8) is 0 Å². The van der Waals surface area contributed by atoms with E-state index in [4.69, 9.17) is 0 Å². The molecule has 1 aliphatic rings. The lowest BCUT2D eigenvalue weighted by Gasteiger charge is -2.29. The Hall–Kier alpha value is -4.99. The summed E-state index contributed by atoms with van der Waals surface area (Å²) in [5.41, 5.74) is 1.54. The van der Waals surface area contributed by atoms with Crippen LogP contribution in [-0.2, 0) is 11.3 Å². The molecule has 0 spiro atoms. The maximum Gasteiger partial charge on any atom is 0.328 e. The van der Waals surface area contributed by atoms with Crippen molar-refractivity contribution < 1.29 is 14.4 Å². The van der Waals surface area contributed by atoms with Gasteiger partial charge in [-0.1, -0.05) is 12.1 Å². The molecule has 0 bridgehead atoms. The van der Waals surface area contributed by atoms with Crippen LogP contribution >= 0.6 is 0 Å². The van der Waals surface area contributed by atoms with Crippen LogP contribution in [-0.4, -0.2) is 33.8 Å². The molecule has 0 atom stereocenters. The monoisotopic (exact) mass is 483 g/mol. The van der Waals surface area contributed by atoms with Crippen molar-refractivity contribution in [1.29, 1.82) is 0 Å². The van der Waals surface area contributed by atoms with Gasteiger partial charge in [0.25, 0.3) is 17.4 Å². The van der Waals surface area contributed by atoms with Gasteiger partial charge >= 0.3 is 5.69 Å². The van der Waals surface area contributed by atoms with Crippen molar-refractivity contribution in [1.82, 2.24) is 9.55 Å². The Balaban J connectivity index is 1.35. The van der Waals surface area contributed by atoms with Crippen LogP contribution in [0.25, 0.3) is 10.9 Å². The summed E-state index contributed by atoms with van der Waals surface area (Å²) in [6.45, 7) is 1.84. The zero-order valence-corrected chi connectivity index (χ0v) is 19.2. The van der Waals surface area contributed by atoms with Gasteiger partial charge in [-0.25, -0.2) is 4.79 Å². The summed E-state index contributed by atoms with van der Waals surface area (Å²) in [6, 6.07) is 17.8. The highest BCUT2D eigenvalue weighted by atomic mass is 16.2. The summed E-state index contributed by atoms with van der Waals surface area (Å²) >= 11 is 0. The predicted molar refractivity (Wildman–Crippen MR) is 136 cm³/mol. The van der Waals surface area contributed by atoms with Crippen molar-refractivity contribution in [2.24, 2.45) is 0 Å². The number of hydrogen-bond acceptors (Lipinski definition) is 5. The molecule has 0 fully saturated rings. The first kappa shape index (κ1) is 22.8. The Labute approximate surface area is 204 Å². The Morgan fingerprint density at radius 1 is 0.944 bits per heavy atom. The number of para-hydroxylation sites is 2. The van der Waals surface area contributed by atoms with Gasteiger partial charge in [-0.3, -0.25) is 28.6 Å². The maximum atomic E-state index is 13.1. The lowest BCUT2D eigenvalue weighted by atomic mass is 10.1. The number of H-pyrrole nitrogens is 1. The molecule has 1 aromatic heterocycles. The number of benzene rings is 3. The molecule has 0 unspecified atom stereocenters. The molecule has 1 aliphatic heterocycles. The predicted octanol–water partition coefficient (Wildman–Crippen LogP) is 2.56. The van der Waals surface area contributed by atoms with Crippen LogP contribution in [0.2, 0.25) is 0 Å². The van der Waals surface area contributed by atoms with Crippen molar-refractivity contribution in [3.8, 4) is 0 Å². The number of carbonyl (C=O) groups is 3. The molecule has 2 heterocycles. The molecular formula is C26H21N5O5. The number of fused-ring (bicyclic) bond motifs is 2. The van der Waals surface area contributed by atoms with Gasteiger partial charge in [0.05, 0.1) is 22.3 Å². The van der Waals surface area contributed by atoms with Crippen LogP contribution in [0.15, 0.2) is 76.3 Å². The Morgan fingerprint density at radius 3 is 2.42 bits per heavy atom. The minimum absolute atomic E-state index is 0.0955. The second kappa shape index (κ2) is 8.99. The van der Waals surface area contributed by atoms with Gasteiger partial charge in [0, 0.05) is 23.4 Å². The standard InChI is InChI=1S/C26H21N5O5/c1-2-30-25(35)18-12-9-16(13-20(18)29-26(30)36)23(33)27-17-10-7-15(8-11-17)24(34)31-14-22(32)28-19-5-3-4-6-21(19)31/h3-13H,2,14H2,1H3,(H,27,33)(H,28,32)(H,29,36). The van der Waals surface area contributed by atoms with Gasteiger partial charge in [0.15, 0.2) is 0 Å². The van der Waals surface area contributed by atoms with E-state index in [1.54, 1.807) is 55.5 Å². The number of hydrogen-bond donors (Lipinski definition) is 3. The average molecular weight is 483 g/mol. The molecule has 3 N–H and O–H groups in total. The lowest BCUT2D eigenvalue weighted by molar-refractivity contribution is -0.115. The molecule has 3 amide bonds. The zero-order chi connectivity index (χ0) is 25.4. The van der Waals surface area contributed by atoms with Crippen LogP contribution in [0.3, 0.4) is 0 Å². The number of nitrogens with zero attached hydrogens (tertiary/aromatic N) is 2. The van der Waals surface area contributed by atoms with Crippen LogP contribution in [0.1, 0.15) is 27.6 Å².